The number of ether oxygens (including phenoxy) is 2. The topological polar surface area (TPSA) is 93.5 Å². The van der Waals surface area contributed by atoms with Crippen LogP contribution in [-0.4, -0.2) is 39.7 Å². The number of benzene rings is 2. The lowest BCUT2D eigenvalue weighted by Gasteiger charge is -2.08. The third-order valence-corrected chi connectivity index (χ3v) is 5.81. The zero-order valence-corrected chi connectivity index (χ0v) is 18.1. The molecule has 3 aromatic heterocycles. The molecule has 2 aromatic carbocycles. The van der Waals surface area contributed by atoms with E-state index in [0.29, 0.717) is 28.6 Å². The van der Waals surface area contributed by atoms with Crippen LogP contribution in [0.1, 0.15) is 10.5 Å². The molecule has 0 aliphatic heterocycles. The van der Waals surface area contributed by atoms with Gasteiger partial charge in [0, 0.05) is 34.6 Å². The molecule has 0 radical (unpaired) electrons. The van der Waals surface area contributed by atoms with E-state index in [-0.39, 0.29) is 5.91 Å². The minimum atomic E-state index is -0.291. The Morgan fingerprint density at radius 2 is 1.91 bits per heavy atom. The maximum Gasteiger partial charge on any atom is 0.273 e. The van der Waals surface area contributed by atoms with Gasteiger partial charge in [-0.15, -0.1) is 11.3 Å². The summed E-state index contributed by atoms with van der Waals surface area (Å²) in [5, 5.41) is 11.9. The molecule has 32 heavy (non-hydrogen) atoms. The molecule has 2 N–H and O–H groups in total. The standard InChI is InChI=1S/C23H19N5O3S/c1-30-16-7-8-21(31-2)17(11-16)18-12-19(27-26-18)22(29)24-15-5-3-14(4-6-15)20-13-28-9-10-32-23(28)25-20/h3-13H,1-2H3,(H,24,29)(H,26,27). The summed E-state index contributed by atoms with van der Waals surface area (Å²) in [6, 6.07) is 14.7. The van der Waals surface area contributed by atoms with Crippen LogP contribution in [0.4, 0.5) is 5.69 Å². The monoisotopic (exact) mass is 445 g/mol. The van der Waals surface area contributed by atoms with Crippen molar-refractivity contribution in [2.45, 2.75) is 0 Å². The molecule has 8 nitrogen and oxygen atoms in total. The minimum Gasteiger partial charge on any atom is -0.497 e. The number of carbonyl (C=O) groups excluding carboxylic acids is 1. The highest BCUT2D eigenvalue weighted by molar-refractivity contribution is 7.15. The molecule has 0 atom stereocenters. The first-order valence-electron chi connectivity index (χ1n) is 9.76. The summed E-state index contributed by atoms with van der Waals surface area (Å²) in [5.74, 6) is 1.02. The maximum atomic E-state index is 12.7. The van der Waals surface area contributed by atoms with Crippen LogP contribution in [0, 0.1) is 0 Å². The number of aromatic amines is 1. The minimum absolute atomic E-state index is 0.291. The number of H-pyrrole nitrogens is 1. The van der Waals surface area contributed by atoms with E-state index in [1.807, 2.05) is 52.5 Å². The number of carbonyl (C=O) groups is 1. The lowest BCUT2D eigenvalue weighted by atomic mass is 10.1. The number of rotatable bonds is 6. The molecule has 160 valence electrons. The van der Waals surface area contributed by atoms with E-state index < -0.39 is 0 Å². The van der Waals surface area contributed by atoms with E-state index in [1.165, 1.54) is 0 Å². The molecule has 5 aromatic rings. The van der Waals surface area contributed by atoms with Crippen LogP contribution in [-0.2, 0) is 0 Å². The Labute approximate surface area is 187 Å². The van der Waals surface area contributed by atoms with E-state index >= 15 is 0 Å². The molecule has 0 aliphatic carbocycles. The molecule has 0 saturated carbocycles. The molecule has 9 heteroatoms. The smallest absolute Gasteiger partial charge is 0.273 e. The van der Waals surface area contributed by atoms with Gasteiger partial charge in [-0.1, -0.05) is 12.1 Å². The van der Waals surface area contributed by atoms with Crippen molar-refractivity contribution in [3.05, 3.63) is 72.0 Å². The number of hydrogen-bond donors (Lipinski definition) is 2. The summed E-state index contributed by atoms with van der Waals surface area (Å²) in [6.45, 7) is 0. The van der Waals surface area contributed by atoms with Crippen molar-refractivity contribution in [3.8, 4) is 34.0 Å². The summed E-state index contributed by atoms with van der Waals surface area (Å²) < 4.78 is 12.7. The van der Waals surface area contributed by atoms with Gasteiger partial charge in [-0.25, -0.2) is 4.98 Å². The highest BCUT2D eigenvalue weighted by atomic mass is 32.1. The lowest BCUT2D eigenvalue weighted by Crippen LogP contribution is -2.12. The number of aromatic nitrogens is 4. The van der Waals surface area contributed by atoms with Crippen molar-refractivity contribution in [1.82, 2.24) is 19.6 Å². The lowest BCUT2D eigenvalue weighted by molar-refractivity contribution is 0.102. The van der Waals surface area contributed by atoms with Crippen LogP contribution in [0.3, 0.4) is 0 Å². The van der Waals surface area contributed by atoms with Crippen molar-refractivity contribution in [2.24, 2.45) is 0 Å². The van der Waals surface area contributed by atoms with Gasteiger partial charge in [-0.3, -0.25) is 14.3 Å². The first-order chi connectivity index (χ1) is 15.6. The molecule has 0 fully saturated rings. The fourth-order valence-corrected chi connectivity index (χ4v) is 4.08. The number of thiazole rings is 1. The van der Waals surface area contributed by atoms with Crippen LogP contribution in [0.25, 0.3) is 27.5 Å². The normalized spacial score (nSPS) is 10.9. The van der Waals surface area contributed by atoms with Gasteiger partial charge in [0.15, 0.2) is 4.96 Å². The SMILES string of the molecule is COc1ccc(OC)c(-c2cc(C(=O)Nc3ccc(-c4cn5ccsc5n4)cc3)[nH]n2)c1. The molecule has 0 aliphatic rings. The molecule has 3 heterocycles. The fourth-order valence-electron chi connectivity index (χ4n) is 3.38. The molecule has 1 amide bonds. The first-order valence-corrected chi connectivity index (χ1v) is 10.6. The number of amides is 1. The van der Waals surface area contributed by atoms with Crippen LogP contribution < -0.4 is 14.8 Å². The number of anilines is 1. The Bertz CT molecular complexity index is 1370. The van der Waals surface area contributed by atoms with Crippen LogP contribution in [0.2, 0.25) is 0 Å². The number of nitrogens with zero attached hydrogens (tertiary/aromatic N) is 3. The fraction of sp³-hybridized carbons (Fsp3) is 0.0870. The third kappa shape index (κ3) is 3.69. The highest BCUT2D eigenvalue weighted by Gasteiger charge is 2.15. The van der Waals surface area contributed by atoms with Crippen LogP contribution >= 0.6 is 11.3 Å². The van der Waals surface area contributed by atoms with E-state index in [1.54, 1.807) is 43.8 Å². The largest absolute Gasteiger partial charge is 0.497 e. The number of hydrogen-bond acceptors (Lipinski definition) is 6. The van der Waals surface area contributed by atoms with Crippen molar-refractivity contribution in [1.29, 1.82) is 0 Å². The first kappa shape index (κ1) is 19.8. The molecule has 0 saturated heterocycles. The number of nitrogens with one attached hydrogen (secondary N) is 2. The van der Waals surface area contributed by atoms with Crippen molar-refractivity contribution in [2.75, 3.05) is 19.5 Å². The molecule has 0 unspecified atom stereocenters. The number of methoxy groups -OCH3 is 2. The average Bonchev–Trinajstić information content (AvgIpc) is 3.55. The average molecular weight is 446 g/mol. The molecule has 0 spiro atoms. The Balaban J connectivity index is 1.33. The Morgan fingerprint density at radius 3 is 2.66 bits per heavy atom. The third-order valence-electron chi connectivity index (χ3n) is 5.04. The van der Waals surface area contributed by atoms with E-state index in [9.17, 15) is 4.79 Å². The maximum absolute atomic E-state index is 12.7. The summed E-state index contributed by atoms with van der Waals surface area (Å²) in [4.78, 5) is 18.3. The van der Waals surface area contributed by atoms with Gasteiger partial charge in [0.05, 0.1) is 25.6 Å². The van der Waals surface area contributed by atoms with Gasteiger partial charge in [0.1, 0.15) is 17.2 Å². The van der Waals surface area contributed by atoms with Gasteiger partial charge >= 0.3 is 0 Å². The van der Waals surface area contributed by atoms with Crippen molar-refractivity contribution in [3.63, 3.8) is 0 Å². The second kappa shape index (κ2) is 8.20. The van der Waals surface area contributed by atoms with Gasteiger partial charge in [0.25, 0.3) is 5.91 Å². The van der Waals surface area contributed by atoms with E-state index in [2.05, 4.69) is 20.5 Å². The highest BCUT2D eigenvalue weighted by Crippen LogP contribution is 2.32. The molecular formula is C23H19N5O3S. The zero-order valence-electron chi connectivity index (χ0n) is 17.3. The van der Waals surface area contributed by atoms with Gasteiger partial charge in [-0.05, 0) is 36.4 Å². The van der Waals surface area contributed by atoms with E-state index in [4.69, 9.17) is 9.47 Å². The predicted molar refractivity (Wildman–Crippen MR) is 124 cm³/mol. The Kier molecular flexibility index (Phi) is 5.08. The van der Waals surface area contributed by atoms with Gasteiger partial charge in [-0.2, -0.15) is 5.10 Å². The zero-order chi connectivity index (χ0) is 22.1. The number of fused-ring (bicyclic) bond motifs is 1. The second-order valence-electron chi connectivity index (χ2n) is 6.98. The predicted octanol–water partition coefficient (Wildman–Crippen LogP) is 4.72. The second-order valence-corrected chi connectivity index (χ2v) is 7.86. The summed E-state index contributed by atoms with van der Waals surface area (Å²) in [6.07, 6.45) is 3.96. The number of imidazole rings is 1. The molecule has 0 bridgehead atoms. The van der Waals surface area contributed by atoms with Gasteiger partial charge in [0.2, 0.25) is 0 Å². The summed E-state index contributed by atoms with van der Waals surface area (Å²) >= 11 is 1.59. The quantitative estimate of drug-likeness (QED) is 0.394. The van der Waals surface area contributed by atoms with Crippen molar-refractivity contribution < 1.29 is 14.3 Å². The van der Waals surface area contributed by atoms with Gasteiger partial charge < -0.3 is 14.8 Å². The molecular weight excluding hydrogens is 426 g/mol. The Morgan fingerprint density at radius 1 is 1.06 bits per heavy atom. The van der Waals surface area contributed by atoms with Crippen LogP contribution in [0.15, 0.2) is 66.3 Å². The summed E-state index contributed by atoms with van der Waals surface area (Å²) in [7, 11) is 3.18. The van der Waals surface area contributed by atoms with Crippen LogP contribution in [0.5, 0.6) is 11.5 Å². The molecule has 5 rings (SSSR count). The Hall–Kier alpha value is -4.11. The summed E-state index contributed by atoms with van der Waals surface area (Å²) in [5.41, 5.74) is 4.19. The van der Waals surface area contributed by atoms with Crippen molar-refractivity contribution >= 4 is 27.9 Å². The van der Waals surface area contributed by atoms with E-state index in [0.717, 1.165) is 21.8 Å².